The lowest BCUT2D eigenvalue weighted by molar-refractivity contribution is 0.455. The highest BCUT2D eigenvalue weighted by Crippen LogP contribution is 2.27. The third-order valence-electron chi connectivity index (χ3n) is 4.42. The number of halogens is 1. The standard InChI is InChI=1S/C22H18FN3O3S/c23-19-14-8-7-13-18(19)20(26-30(27,28)15-16-9-3-1-4-10-16)22-25-24-21(29-22)17-11-5-2-6-12-17/h1-14,20,26H,15H2/t20-/m1/s1. The zero-order valence-corrected chi connectivity index (χ0v) is 16.6. The fraction of sp³-hybridized carbons (Fsp3) is 0.0909. The van der Waals surface area contributed by atoms with E-state index in [2.05, 4.69) is 14.9 Å². The van der Waals surface area contributed by atoms with Crippen LogP contribution >= 0.6 is 0 Å². The quantitative estimate of drug-likeness (QED) is 0.484. The van der Waals surface area contributed by atoms with Crippen LogP contribution in [-0.2, 0) is 15.8 Å². The maximum atomic E-state index is 14.5. The van der Waals surface area contributed by atoms with Gasteiger partial charge in [-0.1, -0.05) is 66.7 Å². The summed E-state index contributed by atoms with van der Waals surface area (Å²) in [6.07, 6.45) is 0. The average Bonchev–Trinajstić information content (AvgIpc) is 3.24. The normalized spacial score (nSPS) is 12.6. The van der Waals surface area contributed by atoms with Crippen molar-refractivity contribution >= 4 is 10.0 Å². The largest absolute Gasteiger partial charge is 0.419 e. The highest BCUT2D eigenvalue weighted by Gasteiger charge is 2.28. The van der Waals surface area contributed by atoms with Crippen molar-refractivity contribution in [3.63, 3.8) is 0 Å². The van der Waals surface area contributed by atoms with Gasteiger partial charge in [0.2, 0.25) is 21.8 Å². The van der Waals surface area contributed by atoms with Crippen molar-refractivity contribution in [3.8, 4) is 11.5 Å². The van der Waals surface area contributed by atoms with Crippen LogP contribution in [0.4, 0.5) is 4.39 Å². The summed E-state index contributed by atoms with van der Waals surface area (Å²) in [5.74, 6) is -0.674. The van der Waals surface area contributed by atoms with E-state index in [4.69, 9.17) is 4.42 Å². The molecule has 0 unspecified atom stereocenters. The number of nitrogens with one attached hydrogen (secondary N) is 1. The molecule has 0 aliphatic heterocycles. The molecule has 1 N–H and O–H groups in total. The molecule has 1 aromatic heterocycles. The van der Waals surface area contributed by atoms with Crippen molar-refractivity contribution in [1.82, 2.24) is 14.9 Å². The minimum Gasteiger partial charge on any atom is -0.419 e. The van der Waals surface area contributed by atoms with Crippen molar-refractivity contribution < 1.29 is 17.2 Å². The Kier molecular flexibility index (Phi) is 5.69. The molecule has 6 nitrogen and oxygen atoms in total. The van der Waals surface area contributed by atoms with Crippen LogP contribution in [0.15, 0.2) is 89.3 Å². The molecule has 0 spiro atoms. The smallest absolute Gasteiger partial charge is 0.247 e. The van der Waals surface area contributed by atoms with Gasteiger partial charge in [-0.15, -0.1) is 10.2 Å². The average molecular weight is 423 g/mol. The van der Waals surface area contributed by atoms with E-state index in [-0.39, 0.29) is 23.1 Å². The van der Waals surface area contributed by atoms with E-state index in [0.717, 1.165) is 0 Å². The molecular weight excluding hydrogens is 405 g/mol. The summed E-state index contributed by atoms with van der Waals surface area (Å²) >= 11 is 0. The van der Waals surface area contributed by atoms with Gasteiger partial charge in [-0.3, -0.25) is 0 Å². The molecule has 0 saturated heterocycles. The minimum atomic E-state index is -3.85. The highest BCUT2D eigenvalue weighted by atomic mass is 32.2. The van der Waals surface area contributed by atoms with E-state index in [0.29, 0.717) is 11.1 Å². The van der Waals surface area contributed by atoms with Gasteiger partial charge in [0.15, 0.2) is 0 Å². The molecule has 0 radical (unpaired) electrons. The van der Waals surface area contributed by atoms with E-state index < -0.39 is 21.9 Å². The van der Waals surface area contributed by atoms with Crippen LogP contribution in [0.2, 0.25) is 0 Å². The van der Waals surface area contributed by atoms with E-state index in [1.807, 2.05) is 18.2 Å². The number of benzene rings is 3. The summed E-state index contributed by atoms with van der Waals surface area (Å²) in [4.78, 5) is 0. The second-order valence-electron chi connectivity index (χ2n) is 6.63. The summed E-state index contributed by atoms with van der Waals surface area (Å²) in [7, 11) is -3.85. The molecule has 30 heavy (non-hydrogen) atoms. The molecule has 0 bridgehead atoms. The molecule has 0 fully saturated rings. The van der Waals surface area contributed by atoms with Crippen molar-refractivity contribution in [2.45, 2.75) is 11.8 Å². The van der Waals surface area contributed by atoms with Gasteiger partial charge < -0.3 is 4.42 Å². The topological polar surface area (TPSA) is 85.1 Å². The molecule has 1 heterocycles. The number of rotatable bonds is 7. The Balaban J connectivity index is 1.69. The number of hydrogen-bond acceptors (Lipinski definition) is 5. The summed E-state index contributed by atoms with van der Waals surface area (Å²) < 4.78 is 48.4. The molecule has 1 atom stereocenters. The van der Waals surface area contributed by atoms with Crippen LogP contribution in [0.1, 0.15) is 23.1 Å². The van der Waals surface area contributed by atoms with Crippen LogP contribution in [-0.4, -0.2) is 18.6 Å². The van der Waals surface area contributed by atoms with Gasteiger partial charge >= 0.3 is 0 Å². The monoisotopic (exact) mass is 423 g/mol. The SMILES string of the molecule is O=S(=O)(Cc1ccccc1)N[C@@H](c1nnc(-c2ccccc2)o1)c1ccccc1F. The van der Waals surface area contributed by atoms with E-state index in [9.17, 15) is 12.8 Å². The molecule has 0 saturated carbocycles. The minimum absolute atomic E-state index is 0.0458. The molecule has 3 aromatic carbocycles. The number of hydrogen-bond donors (Lipinski definition) is 1. The second-order valence-corrected chi connectivity index (χ2v) is 8.38. The first-order valence-corrected chi connectivity index (χ1v) is 10.8. The van der Waals surface area contributed by atoms with Crippen LogP contribution in [0.5, 0.6) is 0 Å². The van der Waals surface area contributed by atoms with Gasteiger partial charge in [-0.05, 0) is 23.8 Å². The fourth-order valence-electron chi connectivity index (χ4n) is 3.02. The molecule has 4 aromatic rings. The zero-order chi connectivity index (χ0) is 21.0. The molecule has 0 aliphatic carbocycles. The summed E-state index contributed by atoms with van der Waals surface area (Å²) in [5, 5.41) is 7.99. The lowest BCUT2D eigenvalue weighted by Crippen LogP contribution is -2.31. The van der Waals surface area contributed by atoms with Crippen molar-refractivity contribution in [2.75, 3.05) is 0 Å². The third-order valence-corrected chi connectivity index (χ3v) is 5.73. The Labute approximate surface area is 173 Å². The lowest BCUT2D eigenvalue weighted by Gasteiger charge is -2.16. The molecule has 0 amide bonds. The van der Waals surface area contributed by atoms with E-state index in [1.165, 1.54) is 18.2 Å². The zero-order valence-electron chi connectivity index (χ0n) is 15.8. The Hall–Kier alpha value is -3.36. The summed E-state index contributed by atoms with van der Waals surface area (Å²) in [6.45, 7) is 0. The molecule has 152 valence electrons. The molecule has 0 aliphatic rings. The predicted octanol–water partition coefficient (Wildman–Crippen LogP) is 4.08. The molecular formula is C22H18FN3O3S. The Morgan fingerprint density at radius 2 is 1.50 bits per heavy atom. The summed E-state index contributed by atoms with van der Waals surface area (Å²) in [5.41, 5.74) is 1.38. The maximum Gasteiger partial charge on any atom is 0.247 e. The Morgan fingerprint density at radius 3 is 2.20 bits per heavy atom. The predicted molar refractivity (Wildman–Crippen MR) is 110 cm³/mol. The van der Waals surface area contributed by atoms with Gasteiger partial charge in [0.1, 0.15) is 11.9 Å². The van der Waals surface area contributed by atoms with Crippen LogP contribution in [0.3, 0.4) is 0 Å². The van der Waals surface area contributed by atoms with Crippen LogP contribution in [0, 0.1) is 5.82 Å². The van der Waals surface area contributed by atoms with Crippen LogP contribution < -0.4 is 4.72 Å². The first-order chi connectivity index (χ1) is 14.5. The van der Waals surface area contributed by atoms with Crippen LogP contribution in [0.25, 0.3) is 11.5 Å². The van der Waals surface area contributed by atoms with Gasteiger partial charge in [-0.25, -0.2) is 12.8 Å². The third kappa shape index (κ3) is 4.61. The molecule has 8 heteroatoms. The number of sulfonamides is 1. The Bertz CT molecular complexity index is 1230. The lowest BCUT2D eigenvalue weighted by atomic mass is 10.1. The van der Waals surface area contributed by atoms with Gasteiger partial charge in [0.25, 0.3) is 0 Å². The van der Waals surface area contributed by atoms with Crippen molar-refractivity contribution in [2.24, 2.45) is 0 Å². The maximum absolute atomic E-state index is 14.5. The van der Waals surface area contributed by atoms with Gasteiger partial charge in [0.05, 0.1) is 5.75 Å². The van der Waals surface area contributed by atoms with E-state index >= 15 is 0 Å². The van der Waals surface area contributed by atoms with Gasteiger partial charge in [-0.2, -0.15) is 4.72 Å². The number of aromatic nitrogens is 2. The summed E-state index contributed by atoms with van der Waals surface area (Å²) in [6, 6.07) is 22.5. The van der Waals surface area contributed by atoms with E-state index in [1.54, 1.807) is 48.5 Å². The van der Waals surface area contributed by atoms with Gasteiger partial charge in [0, 0.05) is 11.1 Å². The first kappa shape index (κ1) is 19.9. The number of nitrogens with zero attached hydrogens (tertiary/aromatic N) is 2. The Morgan fingerprint density at radius 1 is 0.867 bits per heavy atom. The fourth-order valence-corrected chi connectivity index (χ4v) is 4.32. The van der Waals surface area contributed by atoms with Crippen molar-refractivity contribution in [1.29, 1.82) is 0 Å². The first-order valence-electron chi connectivity index (χ1n) is 9.19. The van der Waals surface area contributed by atoms with Crippen molar-refractivity contribution in [3.05, 3.63) is 108 Å². The highest BCUT2D eigenvalue weighted by molar-refractivity contribution is 7.88. The second kappa shape index (κ2) is 8.56. The molecule has 4 rings (SSSR count).